The number of hydrogen-bond acceptors (Lipinski definition) is 4. The van der Waals surface area contributed by atoms with E-state index in [0.717, 1.165) is 16.4 Å². The van der Waals surface area contributed by atoms with Gasteiger partial charge >= 0.3 is 0 Å². The molecule has 0 fully saturated rings. The van der Waals surface area contributed by atoms with E-state index >= 15 is 0 Å². The van der Waals surface area contributed by atoms with E-state index < -0.39 is 28.3 Å². The molecule has 0 aliphatic heterocycles. The summed E-state index contributed by atoms with van der Waals surface area (Å²) in [5, 5.41) is 2.70. The van der Waals surface area contributed by atoms with E-state index in [-0.39, 0.29) is 11.0 Å². The van der Waals surface area contributed by atoms with Gasteiger partial charge in [0.15, 0.2) is 0 Å². The molecular formula is C23H23FN2O4S. The van der Waals surface area contributed by atoms with Crippen LogP contribution in [0.15, 0.2) is 83.8 Å². The molecular weight excluding hydrogens is 419 g/mol. The topological polar surface area (TPSA) is 75.7 Å². The number of para-hydroxylation sites is 1. The van der Waals surface area contributed by atoms with Gasteiger partial charge in [-0.15, -0.1) is 0 Å². The van der Waals surface area contributed by atoms with Crippen molar-refractivity contribution >= 4 is 27.3 Å². The smallest absolute Gasteiger partial charge is 0.264 e. The van der Waals surface area contributed by atoms with E-state index in [2.05, 4.69) is 5.32 Å². The highest BCUT2D eigenvalue weighted by atomic mass is 32.2. The molecule has 0 saturated carbocycles. The summed E-state index contributed by atoms with van der Waals surface area (Å²) in [4.78, 5) is 12.6. The third-order valence-corrected chi connectivity index (χ3v) is 6.01. The largest absolute Gasteiger partial charge is 0.491 e. The Balaban J connectivity index is 1.86. The number of anilines is 2. The fourth-order valence-electron chi connectivity index (χ4n) is 2.89. The van der Waals surface area contributed by atoms with Crippen molar-refractivity contribution in [3.8, 4) is 5.75 Å². The SMILES string of the molecule is CC(C)Oc1cccc(NC(=O)CN(c2ccccc2)S(=O)(=O)c2ccc(F)cc2)c1. The number of ether oxygens (including phenoxy) is 1. The monoisotopic (exact) mass is 442 g/mol. The molecule has 0 aliphatic rings. The molecule has 0 spiro atoms. The molecule has 6 nitrogen and oxygen atoms in total. The third kappa shape index (κ3) is 5.82. The molecule has 0 saturated heterocycles. The van der Waals surface area contributed by atoms with E-state index in [1.54, 1.807) is 54.6 Å². The molecule has 3 aromatic carbocycles. The highest BCUT2D eigenvalue weighted by Crippen LogP contribution is 2.24. The Kier molecular flexibility index (Phi) is 6.91. The molecule has 1 N–H and O–H groups in total. The van der Waals surface area contributed by atoms with Gasteiger partial charge in [0.25, 0.3) is 10.0 Å². The Morgan fingerprint density at radius 1 is 1.00 bits per heavy atom. The van der Waals surface area contributed by atoms with Crippen molar-refractivity contribution in [2.75, 3.05) is 16.2 Å². The Hall–Kier alpha value is -3.39. The summed E-state index contributed by atoms with van der Waals surface area (Å²) in [6, 6.07) is 19.6. The molecule has 0 aromatic heterocycles. The highest BCUT2D eigenvalue weighted by Gasteiger charge is 2.27. The maximum Gasteiger partial charge on any atom is 0.264 e. The zero-order chi connectivity index (χ0) is 22.4. The number of amides is 1. The van der Waals surface area contributed by atoms with Crippen LogP contribution in [-0.2, 0) is 14.8 Å². The van der Waals surface area contributed by atoms with Crippen LogP contribution in [0.1, 0.15) is 13.8 Å². The summed E-state index contributed by atoms with van der Waals surface area (Å²) in [5.74, 6) is -0.491. The van der Waals surface area contributed by atoms with Crippen LogP contribution in [0.2, 0.25) is 0 Å². The molecule has 31 heavy (non-hydrogen) atoms. The Morgan fingerprint density at radius 2 is 1.68 bits per heavy atom. The zero-order valence-electron chi connectivity index (χ0n) is 17.2. The molecule has 0 unspecified atom stereocenters. The van der Waals surface area contributed by atoms with Gasteiger partial charge in [-0.25, -0.2) is 12.8 Å². The second-order valence-electron chi connectivity index (χ2n) is 7.04. The maximum atomic E-state index is 13.3. The molecule has 0 aliphatic carbocycles. The zero-order valence-corrected chi connectivity index (χ0v) is 18.0. The van der Waals surface area contributed by atoms with E-state index in [4.69, 9.17) is 4.74 Å². The average Bonchev–Trinajstić information content (AvgIpc) is 2.72. The molecule has 162 valence electrons. The Morgan fingerprint density at radius 3 is 2.32 bits per heavy atom. The number of benzene rings is 3. The average molecular weight is 443 g/mol. The van der Waals surface area contributed by atoms with Crippen LogP contribution in [-0.4, -0.2) is 27.0 Å². The number of halogens is 1. The van der Waals surface area contributed by atoms with E-state index in [0.29, 0.717) is 17.1 Å². The molecule has 0 heterocycles. The highest BCUT2D eigenvalue weighted by molar-refractivity contribution is 7.92. The maximum absolute atomic E-state index is 13.3. The van der Waals surface area contributed by atoms with E-state index in [1.807, 2.05) is 13.8 Å². The lowest BCUT2D eigenvalue weighted by atomic mass is 10.3. The van der Waals surface area contributed by atoms with Crippen LogP contribution in [0.5, 0.6) is 5.75 Å². The van der Waals surface area contributed by atoms with Gasteiger partial charge in [0.05, 0.1) is 16.7 Å². The standard InChI is InChI=1S/C23H23FN2O4S/c1-17(2)30-21-10-6-7-19(15-21)25-23(27)16-26(20-8-4-3-5-9-20)31(28,29)22-13-11-18(24)12-14-22/h3-15,17H,16H2,1-2H3,(H,25,27). The van der Waals surface area contributed by atoms with Crippen LogP contribution in [0.25, 0.3) is 0 Å². The number of nitrogens with zero attached hydrogens (tertiary/aromatic N) is 1. The van der Waals surface area contributed by atoms with Crippen molar-refractivity contribution in [3.63, 3.8) is 0 Å². The lowest BCUT2D eigenvalue weighted by Crippen LogP contribution is -2.38. The molecule has 0 bridgehead atoms. The van der Waals surface area contributed by atoms with Gasteiger partial charge in [0, 0.05) is 11.8 Å². The van der Waals surface area contributed by atoms with Crippen molar-refractivity contribution in [3.05, 3.63) is 84.7 Å². The molecule has 0 atom stereocenters. The first kappa shape index (κ1) is 22.3. The van der Waals surface area contributed by atoms with Gasteiger partial charge in [0.2, 0.25) is 5.91 Å². The van der Waals surface area contributed by atoms with Gasteiger partial charge in [0.1, 0.15) is 18.1 Å². The van der Waals surface area contributed by atoms with Gasteiger partial charge < -0.3 is 10.1 Å². The van der Waals surface area contributed by atoms with Crippen LogP contribution < -0.4 is 14.4 Å². The summed E-state index contributed by atoms with van der Waals surface area (Å²) in [6.07, 6.45) is -0.0274. The van der Waals surface area contributed by atoms with E-state index in [1.165, 1.54) is 12.1 Å². The van der Waals surface area contributed by atoms with Crippen LogP contribution >= 0.6 is 0 Å². The minimum Gasteiger partial charge on any atom is -0.491 e. The molecule has 3 rings (SSSR count). The second kappa shape index (κ2) is 9.61. The first-order chi connectivity index (χ1) is 14.8. The lowest BCUT2D eigenvalue weighted by molar-refractivity contribution is -0.114. The second-order valence-corrected chi connectivity index (χ2v) is 8.91. The van der Waals surface area contributed by atoms with Crippen LogP contribution in [0.3, 0.4) is 0 Å². The first-order valence-corrected chi connectivity index (χ1v) is 11.1. The van der Waals surface area contributed by atoms with Crippen molar-refractivity contribution in [2.45, 2.75) is 24.8 Å². The number of nitrogens with one attached hydrogen (secondary N) is 1. The Labute approximate surface area is 181 Å². The minimum atomic E-state index is -4.10. The van der Waals surface area contributed by atoms with Crippen molar-refractivity contribution in [1.82, 2.24) is 0 Å². The number of carbonyl (C=O) groups excluding carboxylic acids is 1. The third-order valence-electron chi connectivity index (χ3n) is 4.22. The summed E-state index contributed by atoms with van der Waals surface area (Å²) < 4.78 is 46.3. The molecule has 8 heteroatoms. The summed E-state index contributed by atoms with van der Waals surface area (Å²) in [6.45, 7) is 3.32. The molecule has 1 amide bonds. The predicted octanol–water partition coefficient (Wildman–Crippen LogP) is 4.45. The number of sulfonamides is 1. The van der Waals surface area contributed by atoms with Crippen LogP contribution in [0, 0.1) is 5.82 Å². The fraction of sp³-hybridized carbons (Fsp3) is 0.174. The van der Waals surface area contributed by atoms with Gasteiger partial charge in [-0.1, -0.05) is 24.3 Å². The number of hydrogen-bond donors (Lipinski definition) is 1. The number of carbonyl (C=O) groups is 1. The Bertz CT molecular complexity index is 1130. The van der Waals surface area contributed by atoms with Crippen molar-refractivity contribution in [2.24, 2.45) is 0 Å². The molecule has 3 aromatic rings. The van der Waals surface area contributed by atoms with Crippen LogP contribution in [0.4, 0.5) is 15.8 Å². The van der Waals surface area contributed by atoms with E-state index in [9.17, 15) is 17.6 Å². The number of rotatable bonds is 8. The fourth-order valence-corrected chi connectivity index (χ4v) is 4.31. The molecule has 0 radical (unpaired) electrons. The van der Waals surface area contributed by atoms with Crippen molar-refractivity contribution in [1.29, 1.82) is 0 Å². The summed E-state index contributed by atoms with van der Waals surface area (Å²) in [5.41, 5.74) is 0.800. The quantitative estimate of drug-likeness (QED) is 0.559. The van der Waals surface area contributed by atoms with Gasteiger partial charge in [-0.2, -0.15) is 0 Å². The van der Waals surface area contributed by atoms with Gasteiger partial charge in [-0.3, -0.25) is 9.10 Å². The minimum absolute atomic E-state index is 0.0274. The predicted molar refractivity (Wildman–Crippen MR) is 118 cm³/mol. The summed E-state index contributed by atoms with van der Waals surface area (Å²) in [7, 11) is -4.10. The van der Waals surface area contributed by atoms with Gasteiger partial charge in [-0.05, 0) is 62.4 Å². The first-order valence-electron chi connectivity index (χ1n) is 9.65. The lowest BCUT2D eigenvalue weighted by Gasteiger charge is -2.24. The summed E-state index contributed by atoms with van der Waals surface area (Å²) >= 11 is 0. The normalized spacial score (nSPS) is 11.2. The van der Waals surface area contributed by atoms with Crippen molar-refractivity contribution < 1.29 is 22.3 Å².